The number of alkyl halides is 3. The Balaban J connectivity index is 1.34. The van der Waals surface area contributed by atoms with Gasteiger partial charge in [0.05, 0.1) is 0 Å². The minimum Gasteiger partial charge on any atom is -0.339 e. The lowest BCUT2D eigenvalue weighted by molar-refractivity contribution is -0.142. The quantitative estimate of drug-likeness (QED) is 0.730. The van der Waals surface area contributed by atoms with E-state index in [1.807, 2.05) is 24.3 Å². The van der Waals surface area contributed by atoms with Crippen LogP contribution in [-0.4, -0.2) is 51.7 Å². The highest BCUT2D eigenvalue weighted by molar-refractivity contribution is 6.30. The van der Waals surface area contributed by atoms with Gasteiger partial charge in [0.25, 0.3) is 0 Å². The topological polar surface area (TPSA) is 41.4 Å². The van der Waals surface area contributed by atoms with Crippen LogP contribution in [-0.2, 0) is 24.1 Å². The minimum absolute atomic E-state index is 0.0858. The molecular formula is C20H22ClF3N4O. The van der Waals surface area contributed by atoms with Crippen molar-refractivity contribution in [1.29, 1.82) is 0 Å². The fourth-order valence-electron chi connectivity index (χ4n) is 3.64. The molecule has 0 N–H and O–H groups in total. The van der Waals surface area contributed by atoms with Crippen LogP contribution in [0.1, 0.15) is 35.7 Å². The van der Waals surface area contributed by atoms with Gasteiger partial charge >= 0.3 is 6.18 Å². The molecule has 5 nitrogen and oxygen atoms in total. The maximum atomic E-state index is 13.0. The summed E-state index contributed by atoms with van der Waals surface area (Å²) >= 11 is 5.91. The van der Waals surface area contributed by atoms with Crippen LogP contribution in [0.3, 0.4) is 0 Å². The van der Waals surface area contributed by atoms with Gasteiger partial charge in [0.2, 0.25) is 5.91 Å². The maximum Gasteiger partial charge on any atom is 0.435 e. The lowest BCUT2D eigenvalue weighted by Gasteiger charge is -2.34. The number of rotatable bonds is 5. The Labute approximate surface area is 172 Å². The molecular weight excluding hydrogens is 405 g/mol. The second kappa shape index (κ2) is 7.99. The van der Waals surface area contributed by atoms with Crippen molar-refractivity contribution in [3.63, 3.8) is 0 Å². The monoisotopic (exact) mass is 426 g/mol. The van der Waals surface area contributed by atoms with Gasteiger partial charge in [-0.3, -0.25) is 14.4 Å². The Bertz CT molecular complexity index is 869. The third-order valence-corrected chi connectivity index (χ3v) is 5.68. The van der Waals surface area contributed by atoms with Crippen LogP contribution >= 0.6 is 11.6 Å². The molecule has 9 heteroatoms. The molecule has 2 aromatic rings. The highest BCUT2D eigenvalue weighted by Crippen LogP contribution is 2.42. The molecule has 156 valence electrons. The molecule has 1 amide bonds. The number of benzene rings is 1. The van der Waals surface area contributed by atoms with Gasteiger partial charge in [-0.05, 0) is 36.6 Å². The highest BCUT2D eigenvalue weighted by Gasteiger charge is 2.38. The molecule has 2 heterocycles. The van der Waals surface area contributed by atoms with Gasteiger partial charge < -0.3 is 4.90 Å². The van der Waals surface area contributed by atoms with Crippen LogP contribution < -0.4 is 0 Å². The van der Waals surface area contributed by atoms with E-state index in [9.17, 15) is 18.0 Å². The maximum absolute atomic E-state index is 13.0. The first-order valence-corrected chi connectivity index (χ1v) is 10.1. The smallest absolute Gasteiger partial charge is 0.339 e. The van der Waals surface area contributed by atoms with E-state index in [4.69, 9.17) is 11.6 Å². The van der Waals surface area contributed by atoms with E-state index in [0.29, 0.717) is 23.8 Å². The molecule has 1 aliphatic heterocycles. The third kappa shape index (κ3) is 4.93. The average Bonchev–Trinajstić information content (AvgIpc) is 3.43. The summed E-state index contributed by atoms with van der Waals surface area (Å²) in [4.78, 5) is 16.6. The molecule has 0 bridgehead atoms. The van der Waals surface area contributed by atoms with Crippen molar-refractivity contribution < 1.29 is 18.0 Å². The first-order valence-electron chi connectivity index (χ1n) is 9.69. The zero-order valence-corrected chi connectivity index (χ0v) is 16.6. The van der Waals surface area contributed by atoms with Crippen molar-refractivity contribution >= 4 is 17.5 Å². The van der Waals surface area contributed by atoms with E-state index in [1.54, 1.807) is 4.90 Å². The Hall–Kier alpha value is -2.06. The van der Waals surface area contributed by atoms with Crippen molar-refractivity contribution in [2.24, 2.45) is 0 Å². The first-order chi connectivity index (χ1) is 13.8. The summed E-state index contributed by atoms with van der Waals surface area (Å²) < 4.78 is 40.3. The Morgan fingerprint density at radius 1 is 1.10 bits per heavy atom. The van der Waals surface area contributed by atoms with E-state index in [2.05, 4.69) is 10.00 Å². The predicted molar refractivity (Wildman–Crippen MR) is 103 cm³/mol. The van der Waals surface area contributed by atoms with E-state index < -0.39 is 11.9 Å². The second-order valence-electron chi connectivity index (χ2n) is 7.67. The normalized spacial score (nSPS) is 18.3. The molecule has 2 fully saturated rings. The second-order valence-corrected chi connectivity index (χ2v) is 8.10. The van der Waals surface area contributed by atoms with Crippen LogP contribution in [0.15, 0.2) is 30.3 Å². The zero-order valence-electron chi connectivity index (χ0n) is 15.8. The fourth-order valence-corrected chi connectivity index (χ4v) is 3.76. The van der Waals surface area contributed by atoms with Crippen molar-refractivity contribution in [2.45, 2.75) is 38.0 Å². The SMILES string of the molecule is O=C(Cn1nc(C(F)(F)F)cc1C1CC1)N1CCN(Cc2ccc(Cl)cc2)CC1. The summed E-state index contributed by atoms with van der Waals surface area (Å²) in [5.74, 6) is -0.0995. The predicted octanol–water partition coefficient (Wildman–Crippen LogP) is 3.78. The molecule has 29 heavy (non-hydrogen) atoms. The van der Waals surface area contributed by atoms with E-state index >= 15 is 0 Å². The van der Waals surface area contributed by atoms with Gasteiger partial charge in [0.15, 0.2) is 5.69 Å². The molecule has 0 radical (unpaired) electrons. The summed E-state index contributed by atoms with van der Waals surface area (Å²) in [7, 11) is 0. The zero-order chi connectivity index (χ0) is 20.6. The molecule has 0 unspecified atom stereocenters. The first kappa shape index (κ1) is 20.2. The molecule has 1 saturated carbocycles. The van der Waals surface area contributed by atoms with Gasteiger partial charge in [-0.25, -0.2) is 0 Å². The van der Waals surface area contributed by atoms with Crippen LogP contribution in [0.5, 0.6) is 0 Å². The van der Waals surface area contributed by atoms with Crippen LogP contribution in [0.25, 0.3) is 0 Å². The van der Waals surface area contributed by atoms with E-state index in [-0.39, 0.29) is 18.4 Å². The summed E-state index contributed by atoms with van der Waals surface area (Å²) in [5.41, 5.74) is 0.756. The molecule has 0 atom stereocenters. The standard InChI is InChI=1S/C20H22ClF3N4O/c21-16-5-1-14(2-6-16)12-26-7-9-27(10-8-26)19(29)13-28-17(15-3-4-15)11-18(25-28)20(22,23)24/h1-2,5-6,11,15H,3-4,7-10,12-13H2. The number of aromatic nitrogens is 2. The van der Waals surface area contributed by atoms with Gasteiger partial charge in [-0.2, -0.15) is 18.3 Å². The van der Waals surface area contributed by atoms with Gasteiger partial charge in [0, 0.05) is 49.4 Å². The molecule has 4 rings (SSSR count). The number of hydrogen-bond donors (Lipinski definition) is 0. The highest BCUT2D eigenvalue weighted by atomic mass is 35.5. The number of carbonyl (C=O) groups is 1. The van der Waals surface area contributed by atoms with Gasteiger partial charge in [0.1, 0.15) is 6.54 Å². The summed E-state index contributed by atoms with van der Waals surface area (Å²) in [5, 5.41) is 4.37. The van der Waals surface area contributed by atoms with Crippen LogP contribution in [0.2, 0.25) is 5.02 Å². The molecule has 1 aliphatic carbocycles. The average molecular weight is 427 g/mol. The van der Waals surface area contributed by atoms with Crippen molar-refractivity contribution in [2.75, 3.05) is 26.2 Å². The van der Waals surface area contributed by atoms with Crippen molar-refractivity contribution in [3.05, 3.63) is 52.3 Å². The van der Waals surface area contributed by atoms with Gasteiger partial charge in [-0.15, -0.1) is 0 Å². The molecule has 1 aromatic carbocycles. The number of carbonyl (C=O) groups excluding carboxylic acids is 1. The molecule has 1 saturated heterocycles. The summed E-state index contributed by atoms with van der Waals surface area (Å²) in [6, 6.07) is 8.76. The number of hydrogen-bond acceptors (Lipinski definition) is 3. The van der Waals surface area contributed by atoms with Crippen LogP contribution in [0.4, 0.5) is 13.2 Å². The molecule has 1 aromatic heterocycles. The minimum atomic E-state index is -4.49. The van der Waals surface area contributed by atoms with E-state index in [0.717, 1.165) is 44.1 Å². The van der Waals surface area contributed by atoms with Gasteiger partial charge in [-0.1, -0.05) is 23.7 Å². The third-order valence-electron chi connectivity index (χ3n) is 5.43. The molecule has 2 aliphatic rings. The lowest BCUT2D eigenvalue weighted by Crippen LogP contribution is -2.49. The van der Waals surface area contributed by atoms with Crippen molar-refractivity contribution in [1.82, 2.24) is 19.6 Å². The Morgan fingerprint density at radius 2 is 1.76 bits per heavy atom. The fraction of sp³-hybridized carbons (Fsp3) is 0.500. The number of piperazine rings is 1. The number of halogens is 4. The van der Waals surface area contributed by atoms with Crippen LogP contribution in [0, 0.1) is 0 Å². The number of amides is 1. The Morgan fingerprint density at radius 3 is 2.34 bits per heavy atom. The summed E-state index contributed by atoms with van der Waals surface area (Å²) in [6.45, 7) is 3.18. The Kier molecular flexibility index (Phi) is 5.57. The number of nitrogens with zero attached hydrogens (tertiary/aromatic N) is 4. The summed E-state index contributed by atoms with van der Waals surface area (Å²) in [6.07, 6.45) is -2.80. The van der Waals surface area contributed by atoms with Crippen molar-refractivity contribution in [3.8, 4) is 0 Å². The largest absolute Gasteiger partial charge is 0.435 e. The molecule has 0 spiro atoms. The lowest BCUT2D eigenvalue weighted by atomic mass is 10.2. The van der Waals surface area contributed by atoms with E-state index in [1.165, 1.54) is 4.68 Å².